The van der Waals surface area contributed by atoms with Gasteiger partial charge in [-0.15, -0.1) is 0 Å². The smallest absolute Gasteiger partial charge is 0.871 e. The Morgan fingerprint density at radius 2 is 0.750 bits per heavy atom. The minimum atomic E-state index is -5.39. The van der Waals surface area contributed by atoms with E-state index in [0.29, 0.717) is 54.6 Å². The molecule has 29 heteroatoms. The third-order valence-electron chi connectivity index (χ3n) is 6.41. The van der Waals surface area contributed by atoms with E-state index in [1.54, 1.807) is 0 Å². The van der Waals surface area contributed by atoms with Crippen LogP contribution in [0.2, 0.25) is 0 Å². The summed E-state index contributed by atoms with van der Waals surface area (Å²) in [5, 5.41) is 41.2. The van der Waals surface area contributed by atoms with E-state index < -0.39 is 128 Å². The summed E-state index contributed by atoms with van der Waals surface area (Å²) in [5.74, 6) is -5.26. The van der Waals surface area contributed by atoms with E-state index in [9.17, 15) is 72.0 Å². The zero-order chi connectivity index (χ0) is 38.7. The molecule has 5 rings (SSSR count). The van der Waals surface area contributed by atoms with Gasteiger partial charge in [-0.2, -0.15) is 25.3 Å². The molecular formula is C27H14Na4O17S8. The van der Waals surface area contributed by atoms with Gasteiger partial charge in [0.15, 0.2) is 5.75 Å². The Morgan fingerprint density at radius 1 is 0.518 bits per heavy atom. The topological polar surface area (TPSA) is 316 Å². The number of hydrogen-bond acceptors (Lipinski definition) is 18. The minimum Gasteiger partial charge on any atom is -0.871 e. The molecule has 4 aromatic carbocycles. The first kappa shape index (κ1) is 54.5. The maximum absolute atomic E-state index is 13.8. The monoisotopic (exact) mass is 958 g/mol. The maximum Gasteiger partial charge on any atom is 1.00 e. The van der Waals surface area contributed by atoms with Crippen molar-refractivity contribution in [2.75, 3.05) is 0 Å². The van der Waals surface area contributed by atoms with Crippen LogP contribution in [0.3, 0.4) is 0 Å². The van der Waals surface area contributed by atoms with Crippen LogP contribution in [-0.2, 0) is 45.3 Å². The number of carbonyl (C=O) groups excluding carboxylic acids is 1. The van der Waals surface area contributed by atoms with Crippen molar-refractivity contribution in [2.24, 2.45) is 0 Å². The van der Waals surface area contributed by atoms with Crippen molar-refractivity contribution < 1.29 is 195 Å². The van der Waals surface area contributed by atoms with Crippen molar-refractivity contribution >= 4 is 93.5 Å². The van der Waals surface area contributed by atoms with Gasteiger partial charge in [-0.1, -0.05) is 70.9 Å². The first-order valence-electron chi connectivity index (χ1n) is 13.0. The van der Waals surface area contributed by atoms with Crippen molar-refractivity contribution in [1.82, 2.24) is 0 Å². The summed E-state index contributed by atoms with van der Waals surface area (Å²) in [6, 6.07) is 4.82. The molecule has 8 bridgehead atoms. The number of hydrogen-bond donors (Lipinski definition) is 3. The molecule has 0 spiro atoms. The molecule has 0 atom stereocenters. The van der Waals surface area contributed by atoms with Gasteiger partial charge in [-0.3, -0.25) is 13.7 Å². The average molecular weight is 959 g/mol. The molecule has 0 unspecified atom stereocenters. The fourth-order valence-corrected chi connectivity index (χ4v) is 11.2. The van der Waals surface area contributed by atoms with Crippen molar-refractivity contribution in [3.8, 4) is 23.0 Å². The molecule has 1 heterocycles. The summed E-state index contributed by atoms with van der Waals surface area (Å²) in [5.41, 5.74) is 0. The van der Waals surface area contributed by atoms with E-state index in [-0.39, 0.29) is 165 Å². The number of carbonyl (C=O) groups is 1. The number of benzene rings is 4. The van der Waals surface area contributed by atoms with Crippen LogP contribution in [0.4, 0.5) is 0 Å². The van der Waals surface area contributed by atoms with Gasteiger partial charge in [-0.05, 0) is 48.5 Å². The van der Waals surface area contributed by atoms with Gasteiger partial charge in [0.2, 0.25) is 0 Å². The third kappa shape index (κ3) is 12.8. The Morgan fingerprint density at radius 3 is 0.982 bits per heavy atom. The molecule has 1 aliphatic heterocycles. The van der Waals surface area contributed by atoms with Crippen molar-refractivity contribution in [2.45, 2.75) is 58.7 Å². The molecule has 0 aliphatic carbocycles. The molecule has 17 nitrogen and oxygen atoms in total. The number of rotatable bonds is 6. The third-order valence-corrected chi connectivity index (χ3v) is 13.9. The van der Waals surface area contributed by atoms with Crippen LogP contribution >= 0.6 is 47.0 Å². The molecule has 0 saturated carbocycles. The molecule has 1 aliphatic rings. The molecular weight excluding hydrogens is 945 g/mol. The van der Waals surface area contributed by atoms with Crippen LogP contribution in [0.5, 0.6) is 23.0 Å². The van der Waals surface area contributed by atoms with Gasteiger partial charge in [-0.25, -0.2) is 13.2 Å². The molecule has 4 aromatic rings. The largest absolute Gasteiger partial charge is 1.00 e. The van der Waals surface area contributed by atoms with Gasteiger partial charge >= 0.3 is 124 Å². The zero-order valence-electron chi connectivity index (χ0n) is 28.7. The van der Waals surface area contributed by atoms with Gasteiger partial charge in [0, 0.05) is 35.4 Å². The first-order valence-corrected chi connectivity index (χ1v) is 22.0. The first-order chi connectivity index (χ1) is 23.9. The van der Waals surface area contributed by atoms with E-state index in [2.05, 4.69) is 6.58 Å². The van der Waals surface area contributed by atoms with Crippen LogP contribution < -0.4 is 138 Å². The van der Waals surface area contributed by atoms with E-state index in [0.717, 1.165) is 0 Å². The Hall–Kier alpha value is 0.530. The van der Waals surface area contributed by atoms with E-state index >= 15 is 0 Å². The minimum absolute atomic E-state index is 0. The quantitative estimate of drug-likeness (QED) is 0.0468. The molecule has 276 valence electrons. The number of ether oxygens (including phenoxy) is 1. The molecule has 56 heavy (non-hydrogen) atoms. The van der Waals surface area contributed by atoms with Crippen molar-refractivity contribution in [3.05, 3.63) is 61.2 Å². The molecule has 0 aromatic heterocycles. The summed E-state index contributed by atoms with van der Waals surface area (Å²) in [4.78, 5) is 3.29. The molecule has 0 radical (unpaired) electrons. The molecule has 0 fully saturated rings. The SMILES string of the molecule is C=CC(=O)Oc1c2cc(S(=O)(=O)O)cc1Sc1cc(S(=O)(=O)O)cc(c1[O-])Sc1cc(S(=O)(=O)[O-])cc(c1[O-])Sc1cc(S(=O)(=O)O)cc(c1[O-])S2.[Na+].[Na+].[Na+].[Na+]. The summed E-state index contributed by atoms with van der Waals surface area (Å²) in [6.45, 7) is 3.25. The number of fused-ring (bicyclic) bond motifs is 8. The summed E-state index contributed by atoms with van der Waals surface area (Å²) >= 11 is 0.634. The zero-order valence-corrected chi connectivity index (χ0v) is 43.3. The predicted molar refractivity (Wildman–Crippen MR) is 174 cm³/mol. The fourth-order valence-electron chi connectivity index (χ4n) is 4.12. The van der Waals surface area contributed by atoms with Gasteiger partial charge in [0.25, 0.3) is 30.4 Å². The Kier molecular flexibility index (Phi) is 20.1. The van der Waals surface area contributed by atoms with Gasteiger partial charge in [0.05, 0.1) is 29.4 Å². The van der Waals surface area contributed by atoms with Crippen LogP contribution in [0.1, 0.15) is 0 Å². The fraction of sp³-hybridized carbons (Fsp3) is 0. The second kappa shape index (κ2) is 20.6. The van der Waals surface area contributed by atoms with E-state index in [1.807, 2.05) is 0 Å². The summed E-state index contributed by atoms with van der Waals surface area (Å²) < 4.78 is 145. The van der Waals surface area contributed by atoms with E-state index in [4.69, 9.17) is 4.74 Å². The van der Waals surface area contributed by atoms with Gasteiger partial charge < -0.3 is 24.6 Å². The molecule has 3 N–H and O–H groups in total. The second-order valence-corrected chi connectivity index (χ2v) is 19.9. The Balaban J connectivity index is 0.00000392. The van der Waals surface area contributed by atoms with Crippen LogP contribution in [-0.4, -0.2) is 57.9 Å². The van der Waals surface area contributed by atoms with Crippen molar-refractivity contribution in [3.63, 3.8) is 0 Å². The summed E-state index contributed by atoms with van der Waals surface area (Å²) in [6.07, 6.45) is 0.648. The standard InChI is InChI=1S/C27H18O17S8.4Na/c1-2-23(28)44-27-21-9-14(52(41,42)43)10-22(27)48-20-8-13(51(38,39)40)6-18(26(20)31)46-16-4-11(49(32,33)34)3-15(24(16)29)45-17-5-12(50(35,36)37)7-19(47-21)25(17)30;;;;/h2-10,29-31H,1H2,(H,32,33,34)(H,35,36,37)(H,38,39,40)(H,41,42,43);;;;/q;4*+1/p-4. The normalized spacial score (nSPS) is 12.7. The van der Waals surface area contributed by atoms with Crippen LogP contribution in [0.25, 0.3) is 0 Å². The summed E-state index contributed by atoms with van der Waals surface area (Å²) in [7, 11) is -20.9. The predicted octanol–water partition coefficient (Wildman–Crippen LogP) is -9.42. The van der Waals surface area contributed by atoms with Gasteiger partial charge in [0.1, 0.15) is 10.1 Å². The van der Waals surface area contributed by atoms with Crippen molar-refractivity contribution in [1.29, 1.82) is 0 Å². The maximum atomic E-state index is 13.8. The molecule has 0 saturated heterocycles. The van der Waals surface area contributed by atoms with Crippen LogP contribution in [0, 0.1) is 0 Å². The van der Waals surface area contributed by atoms with Crippen LogP contribution in [0.15, 0.2) is 120 Å². The Labute approximate surface area is 424 Å². The second-order valence-electron chi connectivity index (χ2n) is 9.91. The number of esters is 1. The molecule has 0 amide bonds. The average Bonchev–Trinajstić information content (AvgIpc) is 3.01. The van der Waals surface area contributed by atoms with E-state index in [1.165, 1.54) is 0 Å². The Bertz CT molecular complexity index is 2560.